The Morgan fingerprint density at radius 1 is 1.20 bits per heavy atom. The van der Waals surface area contributed by atoms with Crippen LogP contribution in [0.15, 0.2) is 42.7 Å². The van der Waals surface area contributed by atoms with E-state index in [0.717, 1.165) is 37.9 Å². The monoisotopic (exact) mass is 413 g/mol. The minimum atomic E-state index is -1.82. The highest BCUT2D eigenvalue weighted by molar-refractivity contribution is 6.65. The van der Waals surface area contributed by atoms with Crippen molar-refractivity contribution in [3.63, 3.8) is 0 Å². The molecule has 0 aromatic heterocycles. The van der Waals surface area contributed by atoms with Gasteiger partial charge in [-0.3, -0.25) is 4.79 Å². The van der Waals surface area contributed by atoms with Crippen molar-refractivity contribution in [2.45, 2.75) is 77.4 Å². The zero-order valence-corrected chi connectivity index (χ0v) is 18.7. The van der Waals surface area contributed by atoms with E-state index in [2.05, 4.69) is 39.5 Å². The molecule has 4 rings (SSSR count). The van der Waals surface area contributed by atoms with E-state index < -0.39 is 6.69 Å². The Morgan fingerprint density at radius 3 is 2.70 bits per heavy atom. The van der Waals surface area contributed by atoms with Gasteiger partial charge in [-0.1, -0.05) is 70.5 Å². The molecule has 0 bridgehead atoms. The van der Waals surface area contributed by atoms with Crippen LogP contribution in [-0.2, 0) is 25.4 Å². The fourth-order valence-corrected chi connectivity index (χ4v) is 6.30. The molecule has 0 radical (unpaired) electrons. The third-order valence-electron chi connectivity index (χ3n) is 7.82. The molecule has 5 nitrogen and oxygen atoms in total. The molecule has 2 heterocycles. The van der Waals surface area contributed by atoms with Gasteiger partial charge in [-0.25, -0.2) is 0 Å². The summed E-state index contributed by atoms with van der Waals surface area (Å²) < 4.78 is 19.6. The van der Waals surface area contributed by atoms with Crippen LogP contribution in [0.5, 0.6) is 0 Å². The molecule has 2 aliphatic heterocycles. The summed E-state index contributed by atoms with van der Waals surface area (Å²) >= 11 is 0. The number of hydrogen-bond acceptors (Lipinski definition) is 4. The van der Waals surface area contributed by atoms with Gasteiger partial charge in [0.1, 0.15) is 12.6 Å². The lowest BCUT2D eigenvalue weighted by Gasteiger charge is -2.52. The zero-order chi connectivity index (χ0) is 21.4. The summed E-state index contributed by atoms with van der Waals surface area (Å²) in [6.07, 6.45) is 5.36. The highest BCUT2D eigenvalue weighted by Crippen LogP contribution is 2.52. The van der Waals surface area contributed by atoms with Crippen LogP contribution >= 0.6 is 0 Å². The number of hydrogen-bond donors (Lipinski definition) is 0. The Hall–Kier alpha value is -1.79. The fourth-order valence-electron chi connectivity index (χ4n) is 6.30. The number of carbonyl (C=O) groups is 1. The highest BCUT2D eigenvalue weighted by Gasteiger charge is 2.71. The maximum Gasteiger partial charge on any atom is 0.585 e. The summed E-state index contributed by atoms with van der Waals surface area (Å²) in [5.74, 6) is 1.34. The molecular weight excluding hydrogens is 377 g/mol. The third kappa shape index (κ3) is 3.58. The van der Waals surface area contributed by atoms with Gasteiger partial charge < -0.3 is 18.4 Å². The second-order valence-electron chi connectivity index (χ2n) is 9.85. The SMILES string of the molecule is C=C1C[N@+]2(C3CCC[C@@H]3OCc3ccccc3)CC(=O)O[B-]2([C@@H](C)C[C@H](C)CC)O1. The average molecular weight is 413 g/mol. The lowest BCUT2D eigenvalue weighted by Crippen LogP contribution is -2.70. The van der Waals surface area contributed by atoms with Crippen molar-refractivity contribution in [2.24, 2.45) is 5.92 Å². The molecule has 1 saturated carbocycles. The molecule has 30 heavy (non-hydrogen) atoms. The topological polar surface area (TPSA) is 44.8 Å². The lowest BCUT2D eigenvalue weighted by atomic mass is 9.53. The molecule has 0 spiro atoms. The average Bonchev–Trinajstić information content (AvgIpc) is 3.37. The first-order valence-corrected chi connectivity index (χ1v) is 11.7. The molecule has 3 fully saturated rings. The number of carbonyl (C=O) groups excluding carboxylic acids is 1. The van der Waals surface area contributed by atoms with Crippen LogP contribution in [0.2, 0.25) is 5.82 Å². The minimum Gasteiger partial charge on any atom is -0.630 e. The number of nitrogens with zero attached hydrogens (tertiary/aromatic N) is 1. The van der Waals surface area contributed by atoms with Crippen LogP contribution in [0.4, 0.5) is 0 Å². The van der Waals surface area contributed by atoms with E-state index in [0.29, 0.717) is 30.0 Å². The van der Waals surface area contributed by atoms with Crippen molar-refractivity contribution < 1.29 is 23.2 Å². The van der Waals surface area contributed by atoms with E-state index in [1.807, 2.05) is 18.2 Å². The van der Waals surface area contributed by atoms with Gasteiger partial charge in [0, 0.05) is 0 Å². The van der Waals surface area contributed by atoms with Gasteiger partial charge in [0.25, 0.3) is 0 Å². The van der Waals surface area contributed by atoms with E-state index in [9.17, 15) is 4.79 Å². The summed E-state index contributed by atoms with van der Waals surface area (Å²) in [6, 6.07) is 10.5. The molecule has 3 aliphatic rings. The molecule has 6 atom stereocenters. The standard InChI is InChI=1S/C24H36BNO4/c1-5-18(2)14-19(3)25-26(15-20(4)29-25,16-24(27)30-25)22-12-9-13-23(22)28-17-21-10-7-6-8-11-21/h6-8,10-11,18-19,22-23H,4-5,9,12-17H2,1-3H3/t18-,19+,22?,23+,25?,26-/m1/s1. The van der Waals surface area contributed by atoms with Gasteiger partial charge in [-0.2, -0.15) is 0 Å². The Balaban J connectivity index is 1.61. The maximum atomic E-state index is 12.7. The number of ether oxygens (including phenoxy) is 1. The van der Waals surface area contributed by atoms with Gasteiger partial charge in [0.15, 0.2) is 0 Å². The summed E-state index contributed by atoms with van der Waals surface area (Å²) in [6.45, 7) is 10.7. The Kier molecular flexibility index (Phi) is 6.00. The van der Waals surface area contributed by atoms with Crippen molar-refractivity contribution in [3.8, 4) is 0 Å². The first-order valence-electron chi connectivity index (χ1n) is 11.7. The zero-order valence-electron chi connectivity index (χ0n) is 18.7. The van der Waals surface area contributed by atoms with Crippen molar-refractivity contribution in [2.75, 3.05) is 13.1 Å². The number of benzene rings is 1. The summed E-state index contributed by atoms with van der Waals surface area (Å²) in [5.41, 5.74) is 1.18. The highest BCUT2D eigenvalue weighted by atomic mass is 16.7. The Bertz CT molecular complexity index is 763. The molecule has 2 unspecified atom stereocenters. The Labute approximate surface area is 181 Å². The lowest BCUT2D eigenvalue weighted by molar-refractivity contribution is -0.848. The van der Waals surface area contributed by atoms with Crippen LogP contribution in [0.1, 0.15) is 58.4 Å². The van der Waals surface area contributed by atoms with Gasteiger partial charge in [-0.05, 0) is 36.6 Å². The number of quaternary nitrogens is 1. The van der Waals surface area contributed by atoms with Crippen molar-refractivity contribution in [1.29, 1.82) is 0 Å². The Morgan fingerprint density at radius 2 is 1.97 bits per heavy atom. The van der Waals surface area contributed by atoms with Crippen molar-refractivity contribution >= 4 is 12.7 Å². The van der Waals surface area contributed by atoms with Crippen LogP contribution in [-0.4, -0.2) is 42.3 Å². The smallest absolute Gasteiger partial charge is 0.585 e. The molecule has 0 N–H and O–H groups in total. The van der Waals surface area contributed by atoms with Gasteiger partial charge in [0.05, 0.1) is 25.0 Å². The molecule has 1 aromatic rings. The molecule has 1 aliphatic carbocycles. The molecular formula is C24H36BNO4. The van der Waals surface area contributed by atoms with Crippen LogP contribution in [0, 0.1) is 5.92 Å². The van der Waals surface area contributed by atoms with E-state index in [-0.39, 0.29) is 23.9 Å². The van der Waals surface area contributed by atoms with Crippen molar-refractivity contribution in [1.82, 2.24) is 0 Å². The van der Waals surface area contributed by atoms with Gasteiger partial charge >= 0.3 is 12.7 Å². The summed E-state index contributed by atoms with van der Waals surface area (Å²) in [5, 5.41) is 0. The fraction of sp³-hybridized carbons (Fsp3) is 0.625. The number of fused-ring (bicyclic) bond motifs is 1. The van der Waals surface area contributed by atoms with E-state index in [1.54, 1.807) is 0 Å². The second-order valence-corrected chi connectivity index (χ2v) is 9.85. The summed E-state index contributed by atoms with van der Waals surface area (Å²) in [7, 11) is 0. The van der Waals surface area contributed by atoms with Gasteiger partial charge in [-0.15, -0.1) is 0 Å². The van der Waals surface area contributed by atoms with Gasteiger partial charge in [0.2, 0.25) is 0 Å². The van der Waals surface area contributed by atoms with Crippen LogP contribution < -0.4 is 0 Å². The minimum absolute atomic E-state index is 0.103. The quantitative estimate of drug-likeness (QED) is 0.574. The molecule has 164 valence electrons. The van der Waals surface area contributed by atoms with Crippen LogP contribution in [0.25, 0.3) is 0 Å². The second kappa shape index (κ2) is 8.39. The molecule has 6 heteroatoms. The normalized spacial score (nSPS) is 35.0. The number of rotatable bonds is 8. The van der Waals surface area contributed by atoms with E-state index in [1.165, 1.54) is 5.56 Å². The molecule has 1 aromatic carbocycles. The van der Waals surface area contributed by atoms with E-state index in [4.69, 9.17) is 14.0 Å². The largest absolute Gasteiger partial charge is 0.630 e. The van der Waals surface area contributed by atoms with Crippen LogP contribution in [0.3, 0.4) is 0 Å². The summed E-state index contributed by atoms with van der Waals surface area (Å²) in [4.78, 5) is 12.7. The van der Waals surface area contributed by atoms with Crippen molar-refractivity contribution in [3.05, 3.63) is 48.2 Å². The maximum absolute atomic E-state index is 12.7. The molecule has 0 amide bonds. The molecule has 2 saturated heterocycles. The predicted molar refractivity (Wildman–Crippen MR) is 118 cm³/mol. The first-order chi connectivity index (χ1) is 14.4. The predicted octanol–water partition coefficient (Wildman–Crippen LogP) is 4.81. The van der Waals surface area contributed by atoms with E-state index >= 15 is 0 Å². The first kappa shape index (κ1) is 21.4. The third-order valence-corrected chi connectivity index (χ3v) is 7.82.